The van der Waals surface area contributed by atoms with E-state index in [0.29, 0.717) is 0 Å². The van der Waals surface area contributed by atoms with Crippen LogP contribution in [-0.4, -0.2) is 27.2 Å². The maximum Gasteiger partial charge on any atom is 0.341 e. The summed E-state index contributed by atoms with van der Waals surface area (Å²) >= 11 is 9.18. The topological polar surface area (TPSA) is 112 Å². The van der Waals surface area contributed by atoms with Crippen LogP contribution >= 0.6 is 27.5 Å². The van der Waals surface area contributed by atoms with Gasteiger partial charge < -0.3 is 9.84 Å². The highest BCUT2D eigenvalue weighted by atomic mass is 79.9. The minimum absolute atomic E-state index is 0.0539. The second-order valence-corrected chi connectivity index (χ2v) is 6.19. The third-order valence-corrected chi connectivity index (χ3v) is 4.98. The molecule has 23 heavy (non-hydrogen) atoms. The van der Waals surface area contributed by atoms with Crippen molar-refractivity contribution in [1.82, 2.24) is 4.57 Å². The molecule has 1 aliphatic heterocycles. The van der Waals surface area contributed by atoms with E-state index in [4.69, 9.17) is 16.3 Å². The van der Waals surface area contributed by atoms with Crippen LogP contribution in [0.2, 0.25) is 5.02 Å². The first-order chi connectivity index (χ1) is 10.8. The molecule has 1 aliphatic rings. The van der Waals surface area contributed by atoms with Gasteiger partial charge in [0.2, 0.25) is 0 Å². The number of pyridine rings is 1. The molecule has 1 aromatic carbocycles. The Bertz CT molecular complexity index is 954. The Labute approximate surface area is 141 Å². The summed E-state index contributed by atoms with van der Waals surface area (Å²) < 4.78 is 6.90. The van der Waals surface area contributed by atoms with Crippen molar-refractivity contribution in [1.29, 1.82) is 0 Å². The number of carboxylic acids is 1. The molecule has 1 aromatic heterocycles. The second-order valence-electron chi connectivity index (χ2n) is 5.02. The van der Waals surface area contributed by atoms with E-state index >= 15 is 0 Å². The van der Waals surface area contributed by atoms with Gasteiger partial charge in [0.15, 0.2) is 5.75 Å². The standard InChI is InChI=1S/C13H8BrClN2O6/c1-4-3-23-11-7(14)8(15)9(17(21)22)5-2-6(13(19)20)12(18)16(4)10(5)11/h2,4H,3H2,1H3,(H,19,20)/t4-/m0/s1. The molecule has 2 heterocycles. The Kier molecular flexibility index (Phi) is 3.56. The van der Waals surface area contributed by atoms with Crippen LogP contribution in [0.5, 0.6) is 5.75 Å². The van der Waals surface area contributed by atoms with Gasteiger partial charge in [-0.2, -0.15) is 0 Å². The zero-order chi connectivity index (χ0) is 17.0. The largest absolute Gasteiger partial charge is 0.488 e. The van der Waals surface area contributed by atoms with E-state index in [1.807, 2.05) is 0 Å². The number of ether oxygens (including phenoxy) is 1. The first-order valence-corrected chi connectivity index (χ1v) is 7.53. The smallest absolute Gasteiger partial charge is 0.341 e. The average Bonchev–Trinajstić information content (AvgIpc) is 2.47. The number of carbonyl (C=O) groups is 1. The molecule has 1 atom stereocenters. The van der Waals surface area contributed by atoms with E-state index < -0.39 is 33.7 Å². The van der Waals surface area contributed by atoms with Crippen molar-refractivity contribution in [3.63, 3.8) is 0 Å². The first-order valence-electron chi connectivity index (χ1n) is 6.36. The van der Waals surface area contributed by atoms with Crippen LogP contribution in [0.25, 0.3) is 10.9 Å². The van der Waals surface area contributed by atoms with Crippen molar-refractivity contribution < 1.29 is 19.6 Å². The number of carboxylic acid groups (broad SMARTS) is 1. The lowest BCUT2D eigenvalue weighted by molar-refractivity contribution is -0.383. The van der Waals surface area contributed by atoms with E-state index in [1.165, 1.54) is 4.57 Å². The van der Waals surface area contributed by atoms with Gasteiger partial charge in [-0.05, 0) is 28.9 Å². The van der Waals surface area contributed by atoms with Gasteiger partial charge in [-0.15, -0.1) is 0 Å². The quantitative estimate of drug-likeness (QED) is 0.609. The summed E-state index contributed by atoms with van der Waals surface area (Å²) in [5, 5.41) is 20.3. The second kappa shape index (κ2) is 5.20. The Hall–Kier alpha value is -2.13. The van der Waals surface area contributed by atoms with Crippen LogP contribution in [0.3, 0.4) is 0 Å². The SMILES string of the molecule is C[C@H]1COc2c(Br)c(Cl)c([N+](=O)[O-])c3cc(C(=O)O)c(=O)n1c23. The van der Waals surface area contributed by atoms with Gasteiger partial charge in [-0.25, -0.2) is 4.79 Å². The van der Waals surface area contributed by atoms with Crippen LogP contribution in [-0.2, 0) is 0 Å². The molecule has 1 N–H and O–H groups in total. The van der Waals surface area contributed by atoms with Crippen molar-refractivity contribution >= 4 is 50.1 Å². The van der Waals surface area contributed by atoms with E-state index in [2.05, 4.69) is 15.9 Å². The molecule has 0 radical (unpaired) electrons. The van der Waals surface area contributed by atoms with Gasteiger partial charge in [0.25, 0.3) is 11.2 Å². The maximum atomic E-state index is 12.4. The van der Waals surface area contributed by atoms with Crippen LogP contribution in [0.15, 0.2) is 15.3 Å². The van der Waals surface area contributed by atoms with Crippen LogP contribution in [0, 0.1) is 10.1 Å². The Morgan fingerprint density at radius 3 is 2.83 bits per heavy atom. The highest BCUT2D eigenvalue weighted by Crippen LogP contribution is 2.48. The lowest BCUT2D eigenvalue weighted by Gasteiger charge is -2.27. The first kappa shape index (κ1) is 15.8. The molecular weight excluding hydrogens is 396 g/mol. The van der Waals surface area contributed by atoms with Crippen LogP contribution in [0.4, 0.5) is 5.69 Å². The number of nitro groups is 1. The average molecular weight is 404 g/mol. The number of hydrogen-bond acceptors (Lipinski definition) is 5. The number of nitrogens with zero attached hydrogens (tertiary/aromatic N) is 2. The summed E-state index contributed by atoms with van der Waals surface area (Å²) in [7, 11) is 0. The van der Waals surface area contributed by atoms with E-state index in [9.17, 15) is 24.8 Å². The monoisotopic (exact) mass is 402 g/mol. The summed E-state index contributed by atoms with van der Waals surface area (Å²) in [4.78, 5) is 34.4. The minimum Gasteiger partial charge on any atom is -0.488 e. The Morgan fingerprint density at radius 2 is 2.26 bits per heavy atom. The molecule has 0 bridgehead atoms. The third kappa shape index (κ3) is 2.11. The lowest BCUT2D eigenvalue weighted by Crippen LogP contribution is -2.34. The third-order valence-electron chi connectivity index (χ3n) is 3.63. The zero-order valence-corrected chi connectivity index (χ0v) is 13.8. The molecule has 0 spiro atoms. The molecule has 120 valence electrons. The minimum atomic E-state index is -1.46. The molecule has 10 heteroatoms. The van der Waals surface area contributed by atoms with Gasteiger partial charge in [-0.3, -0.25) is 19.5 Å². The summed E-state index contributed by atoms with van der Waals surface area (Å²) in [5.74, 6) is -1.28. The fourth-order valence-electron chi connectivity index (χ4n) is 2.64. The number of nitro benzene ring substituents is 1. The predicted molar refractivity (Wildman–Crippen MR) is 84.7 cm³/mol. The number of benzene rings is 1. The fourth-order valence-corrected chi connectivity index (χ4v) is 3.38. The zero-order valence-electron chi connectivity index (χ0n) is 11.5. The molecule has 0 unspecified atom stereocenters. The summed E-state index contributed by atoms with van der Waals surface area (Å²) in [6.07, 6.45) is 0. The lowest BCUT2D eigenvalue weighted by atomic mass is 10.1. The normalized spacial score (nSPS) is 16.2. The van der Waals surface area contributed by atoms with Crippen molar-refractivity contribution in [2.75, 3.05) is 6.61 Å². The highest BCUT2D eigenvalue weighted by molar-refractivity contribution is 9.10. The van der Waals surface area contributed by atoms with Crippen LogP contribution < -0.4 is 10.3 Å². The van der Waals surface area contributed by atoms with Gasteiger partial charge in [0, 0.05) is 0 Å². The maximum absolute atomic E-state index is 12.4. The van der Waals surface area contributed by atoms with Crippen molar-refractivity contribution in [2.45, 2.75) is 13.0 Å². The fraction of sp³-hybridized carbons (Fsp3) is 0.231. The van der Waals surface area contributed by atoms with Gasteiger partial charge in [-0.1, -0.05) is 11.6 Å². The van der Waals surface area contributed by atoms with Gasteiger partial charge in [0.1, 0.15) is 22.7 Å². The number of aromatic nitrogens is 1. The number of hydrogen-bond donors (Lipinski definition) is 1. The molecule has 0 aliphatic carbocycles. The molecule has 0 saturated heterocycles. The number of halogens is 2. The van der Waals surface area contributed by atoms with Gasteiger partial charge in [0.05, 0.1) is 20.8 Å². The molecule has 0 amide bonds. The molecule has 2 aromatic rings. The van der Waals surface area contributed by atoms with E-state index in [1.54, 1.807) is 6.92 Å². The van der Waals surface area contributed by atoms with Crippen molar-refractivity contribution in [3.05, 3.63) is 41.6 Å². The van der Waals surface area contributed by atoms with Gasteiger partial charge >= 0.3 is 5.97 Å². The van der Waals surface area contributed by atoms with E-state index in [0.717, 1.165) is 6.07 Å². The van der Waals surface area contributed by atoms with Crippen molar-refractivity contribution in [2.24, 2.45) is 0 Å². The molecule has 8 nitrogen and oxygen atoms in total. The predicted octanol–water partition coefficient (Wildman–Crippen LogP) is 2.98. The molecular formula is C13H8BrClN2O6. The highest BCUT2D eigenvalue weighted by Gasteiger charge is 2.33. The van der Waals surface area contributed by atoms with Crippen LogP contribution in [0.1, 0.15) is 23.3 Å². The number of aromatic carboxylic acids is 1. The summed E-state index contributed by atoms with van der Waals surface area (Å²) in [6, 6.07) is 0.488. The molecule has 0 saturated carbocycles. The summed E-state index contributed by atoms with van der Waals surface area (Å²) in [6.45, 7) is 1.77. The Morgan fingerprint density at radius 1 is 1.61 bits per heavy atom. The molecule has 3 rings (SSSR count). The summed E-state index contributed by atoms with van der Waals surface area (Å²) in [5.41, 5.74) is -1.63. The van der Waals surface area contributed by atoms with E-state index in [-0.39, 0.29) is 32.8 Å². The molecule has 0 fully saturated rings. The number of rotatable bonds is 2. The Balaban J connectivity index is 2.67. The van der Waals surface area contributed by atoms with Crippen molar-refractivity contribution in [3.8, 4) is 5.75 Å².